The van der Waals surface area contributed by atoms with Gasteiger partial charge in [0.1, 0.15) is 11.5 Å². The highest BCUT2D eigenvalue weighted by atomic mass is 16.5. The molecule has 3 aromatic carbocycles. The van der Waals surface area contributed by atoms with Crippen LogP contribution in [0.1, 0.15) is 29.8 Å². The third-order valence-electron chi connectivity index (χ3n) is 7.11. The highest BCUT2D eigenvalue weighted by molar-refractivity contribution is 5.99. The number of ether oxygens (including phenoxy) is 2. The van der Waals surface area contributed by atoms with Crippen molar-refractivity contribution in [3.05, 3.63) is 110 Å². The number of aromatic nitrogens is 3. The van der Waals surface area contributed by atoms with Crippen LogP contribution in [-0.2, 0) is 14.1 Å². The van der Waals surface area contributed by atoms with Gasteiger partial charge in [0.15, 0.2) is 6.10 Å². The van der Waals surface area contributed by atoms with Crippen molar-refractivity contribution in [1.29, 1.82) is 0 Å². The molecular formula is C30H27N3O4. The van der Waals surface area contributed by atoms with Crippen molar-refractivity contribution < 1.29 is 9.47 Å². The van der Waals surface area contributed by atoms with Crippen molar-refractivity contribution in [2.24, 2.45) is 14.1 Å². The van der Waals surface area contributed by atoms with Crippen molar-refractivity contribution in [3.8, 4) is 28.4 Å². The van der Waals surface area contributed by atoms with E-state index in [1.54, 1.807) is 11.6 Å². The summed E-state index contributed by atoms with van der Waals surface area (Å²) in [6, 6.07) is 23.5. The molecule has 186 valence electrons. The number of nitrogens with zero attached hydrogens (tertiary/aromatic N) is 3. The fourth-order valence-electron chi connectivity index (χ4n) is 5.40. The maximum atomic E-state index is 13.8. The Bertz CT molecular complexity index is 1810. The zero-order valence-electron chi connectivity index (χ0n) is 21.2. The molecule has 0 radical (unpaired) electrons. The van der Waals surface area contributed by atoms with Gasteiger partial charge in [0, 0.05) is 25.2 Å². The number of hydrogen-bond donors (Lipinski definition) is 0. The summed E-state index contributed by atoms with van der Waals surface area (Å²) in [5.74, 6) is 1.38. The SMILES string of the molecule is CCOc1ccccc1C1Oc2ccccc2-n2c(-c3ccccc3C)c3c(=O)n(C)c(=O)n(C)c3c21. The Labute approximate surface area is 213 Å². The van der Waals surface area contributed by atoms with Gasteiger partial charge in [-0.1, -0.05) is 54.6 Å². The van der Waals surface area contributed by atoms with Gasteiger partial charge in [-0.05, 0) is 37.6 Å². The summed E-state index contributed by atoms with van der Waals surface area (Å²) in [6.07, 6.45) is -0.615. The molecular weight excluding hydrogens is 466 g/mol. The van der Waals surface area contributed by atoms with Gasteiger partial charge in [0.2, 0.25) is 0 Å². The second-order valence-corrected chi connectivity index (χ2v) is 9.25. The molecule has 7 nitrogen and oxygen atoms in total. The van der Waals surface area contributed by atoms with Crippen LogP contribution in [0.15, 0.2) is 82.4 Å². The summed E-state index contributed by atoms with van der Waals surface area (Å²) in [5, 5.41) is 0.480. The van der Waals surface area contributed by atoms with E-state index in [2.05, 4.69) is 4.57 Å². The van der Waals surface area contributed by atoms with Gasteiger partial charge in [0.25, 0.3) is 5.56 Å². The van der Waals surface area contributed by atoms with Crippen LogP contribution >= 0.6 is 0 Å². The zero-order chi connectivity index (χ0) is 25.8. The molecule has 0 aliphatic carbocycles. The smallest absolute Gasteiger partial charge is 0.331 e. The van der Waals surface area contributed by atoms with Gasteiger partial charge in [-0.3, -0.25) is 13.9 Å². The number of para-hydroxylation sites is 3. The molecule has 0 spiro atoms. The Morgan fingerprint density at radius 2 is 1.59 bits per heavy atom. The molecule has 5 aromatic rings. The lowest BCUT2D eigenvalue weighted by molar-refractivity contribution is 0.220. The number of fused-ring (bicyclic) bond motifs is 5. The van der Waals surface area contributed by atoms with Gasteiger partial charge in [0.05, 0.1) is 34.6 Å². The van der Waals surface area contributed by atoms with E-state index in [0.29, 0.717) is 29.0 Å². The zero-order valence-corrected chi connectivity index (χ0v) is 21.2. The third-order valence-corrected chi connectivity index (χ3v) is 7.11. The highest BCUT2D eigenvalue weighted by Gasteiger charge is 2.37. The Morgan fingerprint density at radius 3 is 2.38 bits per heavy atom. The minimum atomic E-state index is -0.615. The second kappa shape index (κ2) is 8.55. The van der Waals surface area contributed by atoms with E-state index in [9.17, 15) is 9.59 Å². The van der Waals surface area contributed by atoms with Crippen molar-refractivity contribution in [3.63, 3.8) is 0 Å². The summed E-state index contributed by atoms with van der Waals surface area (Å²) in [5.41, 5.74) is 4.86. The first-order chi connectivity index (χ1) is 17.9. The standard InChI is InChI=1S/C30H27N3O4/c1-5-36-22-16-10-8-14-20(22)28-27-26-24(29(34)32(4)30(35)31(26)3)25(19-13-7-6-12-18(19)2)33(27)21-15-9-11-17-23(21)37-28/h6-17,28H,5H2,1-4H3. The molecule has 0 amide bonds. The Kier molecular flexibility index (Phi) is 5.30. The molecule has 1 aliphatic heterocycles. The predicted octanol–water partition coefficient (Wildman–Crippen LogP) is 4.88. The molecule has 0 saturated carbocycles. The number of aryl methyl sites for hydroxylation is 2. The van der Waals surface area contributed by atoms with Crippen molar-refractivity contribution in [2.75, 3.05) is 6.61 Å². The molecule has 0 bridgehead atoms. The van der Waals surface area contributed by atoms with Gasteiger partial charge in [-0.15, -0.1) is 0 Å². The van der Waals surface area contributed by atoms with Crippen LogP contribution in [-0.4, -0.2) is 20.3 Å². The van der Waals surface area contributed by atoms with Gasteiger partial charge in [-0.25, -0.2) is 4.79 Å². The topological polar surface area (TPSA) is 67.4 Å². The van der Waals surface area contributed by atoms with Crippen LogP contribution in [0.2, 0.25) is 0 Å². The molecule has 6 rings (SSSR count). The fraction of sp³-hybridized carbons (Fsp3) is 0.200. The molecule has 3 heterocycles. The van der Waals surface area contributed by atoms with Crippen molar-refractivity contribution >= 4 is 10.9 Å². The van der Waals surface area contributed by atoms with Crippen LogP contribution in [0.5, 0.6) is 11.5 Å². The normalized spacial score (nSPS) is 14.2. The summed E-state index contributed by atoms with van der Waals surface area (Å²) in [4.78, 5) is 27.0. The van der Waals surface area contributed by atoms with E-state index >= 15 is 0 Å². The van der Waals surface area contributed by atoms with Gasteiger partial charge in [-0.2, -0.15) is 0 Å². The van der Waals surface area contributed by atoms with E-state index in [4.69, 9.17) is 9.47 Å². The summed E-state index contributed by atoms with van der Waals surface area (Å²) < 4.78 is 17.5. The van der Waals surface area contributed by atoms with Crippen molar-refractivity contribution in [1.82, 2.24) is 13.7 Å². The van der Waals surface area contributed by atoms with E-state index in [-0.39, 0.29) is 5.56 Å². The van der Waals surface area contributed by atoms with Crippen LogP contribution < -0.4 is 20.7 Å². The largest absolute Gasteiger partial charge is 0.493 e. The number of rotatable bonds is 4. The van der Waals surface area contributed by atoms with Crippen LogP contribution in [0, 0.1) is 6.92 Å². The van der Waals surface area contributed by atoms with Crippen LogP contribution in [0.25, 0.3) is 27.8 Å². The Morgan fingerprint density at radius 1 is 0.892 bits per heavy atom. The monoisotopic (exact) mass is 493 g/mol. The summed E-state index contributed by atoms with van der Waals surface area (Å²) in [7, 11) is 3.23. The Hall–Kier alpha value is -4.52. The quantitative estimate of drug-likeness (QED) is 0.358. The predicted molar refractivity (Wildman–Crippen MR) is 144 cm³/mol. The van der Waals surface area contributed by atoms with Crippen molar-refractivity contribution in [2.45, 2.75) is 20.0 Å². The first kappa shape index (κ1) is 22.9. The lowest BCUT2D eigenvalue weighted by Crippen LogP contribution is -2.37. The first-order valence-corrected chi connectivity index (χ1v) is 12.3. The second-order valence-electron chi connectivity index (χ2n) is 9.25. The minimum Gasteiger partial charge on any atom is -0.493 e. The average Bonchev–Trinajstić information content (AvgIpc) is 3.27. The molecule has 7 heteroatoms. The van der Waals surface area contributed by atoms with E-state index in [0.717, 1.165) is 33.8 Å². The minimum absolute atomic E-state index is 0.340. The molecule has 2 aromatic heterocycles. The maximum Gasteiger partial charge on any atom is 0.331 e. The molecule has 1 atom stereocenters. The fourth-order valence-corrected chi connectivity index (χ4v) is 5.40. The Balaban J connectivity index is 1.86. The lowest BCUT2D eigenvalue weighted by atomic mass is 10.0. The lowest BCUT2D eigenvalue weighted by Gasteiger charge is -2.31. The van der Waals surface area contributed by atoms with Gasteiger partial charge >= 0.3 is 5.69 Å². The summed E-state index contributed by atoms with van der Waals surface area (Å²) >= 11 is 0. The van der Waals surface area contributed by atoms with E-state index < -0.39 is 11.8 Å². The van der Waals surface area contributed by atoms with Gasteiger partial charge < -0.3 is 14.0 Å². The molecule has 0 fully saturated rings. The number of benzene rings is 3. The van der Waals surface area contributed by atoms with E-state index in [1.807, 2.05) is 86.6 Å². The maximum absolute atomic E-state index is 13.8. The highest BCUT2D eigenvalue weighted by Crippen LogP contribution is 2.48. The first-order valence-electron chi connectivity index (χ1n) is 12.3. The van der Waals surface area contributed by atoms with Crippen LogP contribution in [0.4, 0.5) is 0 Å². The molecule has 0 saturated heterocycles. The molecule has 37 heavy (non-hydrogen) atoms. The molecule has 1 unspecified atom stereocenters. The number of hydrogen-bond acceptors (Lipinski definition) is 4. The molecule has 1 aliphatic rings. The average molecular weight is 494 g/mol. The van der Waals surface area contributed by atoms with E-state index in [1.165, 1.54) is 11.6 Å². The third kappa shape index (κ3) is 3.27. The summed E-state index contributed by atoms with van der Waals surface area (Å²) in [6.45, 7) is 4.46. The van der Waals surface area contributed by atoms with Crippen LogP contribution in [0.3, 0.4) is 0 Å². The molecule has 0 N–H and O–H groups in total.